The van der Waals surface area contributed by atoms with Gasteiger partial charge in [-0.1, -0.05) is 24.3 Å². The molecule has 0 aliphatic carbocycles. The molecule has 2 aromatic carbocycles. The SMILES string of the molecule is COc1ccc2cc(CCS(=O)(=O)Cl)ccc2c1. The van der Waals surface area contributed by atoms with Crippen LogP contribution in [-0.2, 0) is 15.5 Å². The van der Waals surface area contributed by atoms with E-state index in [9.17, 15) is 8.42 Å². The first kappa shape index (κ1) is 13.2. The van der Waals surface area contributed by atoms with Crippen molar-refractivity contribution >= 4 is 30.5 Å². The lowest BCUT2D eigenvalue weighted by Gasteiger charge is -2.05. The Hall–Kier alpha value is -1.26. The average Bonchev–Trinajstić information content (AvgIpc) is 2.34. The summed E-state index contributed by atoms with van der Waals surface area (Å²) in [6.45, 7) is 0. The molecule has 0 atom stereocenters. The van der Waals surface area contributed by atoms with Crippen LogP contribution in [0.25, 0.3) is 10.8 Å². The molecule has 5 heteroatoms. The van der Waals surface area contributed by atoms with Crippen molar-refractivity contribution in [3.8, 4) is 5.75 Å². The van der Waals surface area contributed by atoms with Crippen LogP contribution in [0.3, 0.4) is 0 Å². The molecule has 0 aromatic heterocycles. The molecule has 18 heavy (non-hydrogen) atoms. The van der Waals surface area contributed by atoms with E-state index in [0.717, 1.165) is 22.1 Å². The number of benzene rings is 2. The highest BCUT2D eigenvalue weighted by atomic mass is 35.7. The van der Waals surface area contributed by atoms with Crippen molar-refractivity contribution in [3.63, 3.8) is 0 Å². The fourth-order valence-electron chi connectivity index (χ4n) is 1.80. The van der Waals surface area contributed by atoms with Crippen LogP contribution in [-0.4, -0.2) is 21.3 Å². The first-order chi connectivity index (χ1) is 8.48. The van der Waals surface area contributed by atoms with Crippen LogP contribution < -0.4 is 4.74 Å². The van der Waals surface area contributed by atoms with E-state index in [0.29, 0.717) is 6.42 Å². The molecule has 0 fully saturated rings. The summed E-state index contributed by atoms with van der Waals surface area (Å²) in [6, 6.07) is 11.6. The second-order valence-corrected chi connectivity index (χ2v) is 6.94. The summed E-state index contributed by atoms with van der Waals surface area (Å²) in [5.74, 6) is 0.759. The predicted octanol–water partition coefficient (Wildman–Crippen LogP) is 2.96. The third-order valence-corrected chi connectivity index (χ3v) is 3.90. The Balaban J connectivity index is 2.28. The predicted molar refractivity (Wildman–Crippen MR) is 73.8 cm³/mol. The molecular weight excluding hydrogens is 272 g/mol. The lowest BCUT2D eigenvalue weighted by atomic mass is 10.1. The van der Waals surface area contributed by atoms with Crippen LogP contribution in [0.2, 0.25) is 0 Å². The van der Waals surface area contributed by atoms with Gasteiger partial charge in [-0.05, 0) is 34.9 Å². The minimum Gasteiger partial charge on any atom is -0.497 e. The Bertz CT molecular complexity index is 665. The van der Waals surface area contributed by atoms with E-state index < -0.39 is 9.05 Å². The van der Waals surface area contributed by atoms with Crippen molar-refractivity contribution in [2.45, 2.75) is 6.42 Å². The third-order valence-electron chi connectivity index (χ3n) is 2.75. The summed E-state index contributed by atoms with van der Waals surface area (Å²) in [4.78, 5) is 0. The number of halogens is 1. The van der Waals surface area contributed by atoms with Crippen LogP contribution >= 0.6 is 10.7 Å². The van der Waals surface area contributed by atoms with Gasteiger partial charge in [0.1, 0.15) is 5.75 Å². The number of rotatable bonds is 4. The molecule has 0 aliphatic heterocycles. The van der Waals surface area contributed by atoms with E-state index in [-0.39, 0.29) is 5.75 Å². The first-order valence-electron chi connectivity index (χ1n) is 5.47. The fourth-order valence-corrected chi connectivity index (χ4v) is 2.51. The standard InChI is InChI=1S/C13H13ClO3S/c1-17-13-5-4-11-8-10(2-3-12(11)9-13)6-7-18(14,15)16/h2-5,8-9H,6-7H2,1H3. The van der Waals surface area contributed by atoms with Gasteiger partial charge in [0.05, 0.1) is 12.9 Å². The van der Waals surface area contributed by atoms with Gasteiger partial charge in [-0.15, -0.1) is 0 Å². The number of fused-ring (bicyclic) bond motifs is 1. The quantitative estimate of drug-likeness (QED) is 0.811. The number of hydrogen-bond acceptors (Lipinski definition) is 3. The molecule has 0 saturated carbocycles. The molecule has 0 aliphatic rings. The smallest absolute Gasteiger partial charge is 0.232 e. The molecule has 0 amide bonds. The van der Waals surface area contributed by atoms with Gasteiger partial charge in [-0.2, -0.15) is 0 Å². The molecule has 2 rings (SSSR count). The molecule has 96 valence electrons. The van der Waals surface area contributed by atoms with Crippen molar-refractivity contribution in [2.75, 3.05) is 12.9 Å². The molecule has 0 radical (unpaired) electrons. The van der Waals surface area contributed by atoms with Gasteiger partial charge in [0.15, 0.2) is 0 Å². The number of hydrogen-bond donors (Lipinski definition) is 0. The zero-order chi connectivity index (χ0) is 13.2. The van der Waals surface area contributed by atoms with E-state index in [1.165, 1.54) is 0 Å². The minimum atomic E-state index is -3.43. The Kier molecular flexibility index (Phi) is 3.78. The van der Waals surface area contributed by atoms with E-state index in [1.54, 1.807) is 7.11 Å². The maximum atomic E-state index is 10.9. The van der Waals surface area contributed by atoms with Crippen LogP contribution in [0, 0.1) is 0 Å². The van der Waals surface area contributed by atoms with Crippen molar-refractivity contribution < 1.29 is 13.2 Å². The molecule has 0 unspecified atom stereocenters. The Morgan fingerprint density at radius 3 is 2.44 bits per heavy atom. The molecule has 2 aromatic rings. The fraction of sp³-hybridized carbons (Fsp3) is 0.231. The molecule has 0 heterocycles. The van der Waals surface area contributed by atoms with Gasteiger partial charge in [0, 0.05) is 10.7 Å². The highest BCUT2D eigenvalue weighted by Gasteiger charge is 2.06. The Morgan fingerprint density at radius 1 is 1.11 bits per heavy atom. The topological polar surface area (TPSA) is 43.4 Å². The summed E-state index contributed by atoms with van der Waals surface area (Å²) in [6.07, 6.45) is 0.424. The summed E-state index contributed by atoms with van der Waals surface area (Å²) in [7, 11) is 3.39. The van der Waals surface area contributed by atoms with Crippen molar-refractivity contribution in [1.82, 2.24) is 0 Å². The lowest BCUT2D eigenvalue weighted by molar-refractivity contribution is 0.415. The molecule has 0 N–H and O–H groups in total. The van der Waals surface area contributed by atoms with Gasteiger partial charge >= 0.3 is 0 Å². The maximum Gasteiger partial charge on any atom is 0.232 e. The van der Waals surface area contributed by atoms with Gasteiger partial charge in [0.2, 0.25) is 9.05 Å². The van der Waals surface area contributed by atoms with Crippen molar-refractivity contribution in [2.24, 2.45) is 0 Å². The van der Waals surface area contributed by atoms with Crippen LogP contribution in [0.4, 0.5) is 0 Å². The summed E-state index contributed by atoms with van der Waals surface area (Å²) in [5.41, 5.74) is 0.955. The largest absolute Gasteiger partial charge is 0.497 e. The van der Waals surface area contributed by atoms with E-state index in [2.05, 4.69) is 0 Å². The second kappa shape index (κ2) is 5.16. The van der Waals surface area contributed by atoms with E-state index >= 15 is 0 Å². The number of ether oxygens (including phenoxy) is 1. The van der Waals surface area contributed by atoms with E-state index in [4.69, 9.17) is 15.4 Å². The number of methoxy groups -OCH3 is 1. The summed E-state index contributed by atoms with van der Waals surface area (Å²) >= 11 is 0. The molecule has 0 saturated heterocycles. The number of aryl methyl sites for hydroxylation is 1. The molecule has 0 spiro atoms. The first-order valence-corrected chi connectivity index (χ1v) is 7.95. The normalized spacial score (nSPS) is 11.7. The van der Waals surface area contributed by atoms with Gasteiger partial charge < -0.3 is 4.74 Å². The lowest BCUT2D eigenvalue weighted by Crippen LogP contribution is -2.00. The van der Waals surface area contributed by atoms with Crippen LogP contribution in [0.1, 0.15) is 5.56 Å². The van der Waals surface area contributed by atoms with E-state index in [1.807, 2.05) is 36.4 Å². The maximum absolute atomic E-state index is 10.9. The highest BCUT2D eigenvalue weighted by molar-refractivity contribution is 8.13. The molecule has 0 bridgehead atoms. The monoisotopic (exact) mass is 284 g/mol. The second-order valence-electron chi connectivity index (χ2n) is 4.04. The zero-order valence-corrected chi connectivity index (χ0v) is 11.5. The zero-order valence-electron chi connectivity index (χ0n) is 9.89. The van der Waals surface area contributed by atoms with Crippen LogP contribution in [0.15, 0.2) is 36.4 Å². The van der Waals surface area contributed by atoms with Crippen molar-refractivity contribution in [1.29, 1.82) is 0 Å². The van der Waals surface area contributed by atoms with Crippen molar-refractivity contribution in [3.05, 3.63) is 42.0 Å². The highest BCUT2D eigenvalue weighted by Crippen LogP contribution is 2.22. The molecular formula is C13H13ClO3S. The van der Waals surface area contributed by atoms with Gasteiger partial charge in [-0.3, -0.25) is 0 Å². The minimum absolute atomic E-state index is 0.0454. The van der Waals surface area contributed by atoms with Crippen LogP contribution in [0.5, 0.6) is 5.75 Å². The third kappa shape index (κ3) is 3.37. The van der Waals surface area contributed by atoms with Gasteiger partial charge in [-0.25, -0.2) is 8.42 Å². The Labute approximate surface area is 111 Å². The summed E-state index contributed by atoms with van der Waals surface area (Å²) in [5, 5.41) is 2.12. The summed E-state index contributed by atoms with van der Waals surface area (Å²) < 4.78 is 26.9. The Morgan fingerprint density at radius 2 is 1.78 bits per heavy atom. The average molecular weight is 285 g/mol. The molecule has 3 nitrogen and oxygen atoms in total. The van der Waals surface area contributed by atoms with Gasteiger partial charge in [0.25, 0.3) is 0 Å².